The average Bonchev–Trinajstić information content (AvgIpc) is 3.14. The largest absolute Gasteiger partial charge is 0.298 e. The number of likely N-dealkylation sites (tertiary alicyclic amines) is 1. The van der Waals surface area contributed by atoms with Crippen LogP contribution in [0.2, 0.25) is 0 Å². The summed E-state index contributed by atoms with van der Waals surface area (Å²) in [5.74, 6) is 11.0. The molecule has 1 aromatic heterocycles. The number of amides is 1. The van der Waals surface area contributed by atoms with Crippen LogP contribution in [0.5, 0.6) is 0 Å². The van der Waals surface area contributed by atoms with Gasteiger partial charge in [0.25, 0.3) is 0 Å². The van der Waals surface area contributed by atoms with E-state index in [1.165, 1.54) is 18.3 Å². The zero-order valence-electron chi connectivity index (χ0n) is 17.6. The number of carbonyl (C=O) groups is 1. The first-order valence-corrected chi connectivity index (χ1v) is 12.3. The molecule has 170 valence electrons. The molecule has 1 saturated heterocycles. The number of fused-ring (bicyclic) bond motifs is 1. The molecule has 32 heavy (non-hydrogen) atoms. The highest BCUT2D eigenvalue weighted by atomic mass is 32.2. The van der Waals surface area contributed by atoms with E-state index in [1.807, 2.05) is 23.1 Å². The number of thiol groups is 1. The molecule has 10 heteroatoms. The molecule has 1 amide bonds. The van der Waals surface area contributed by atoms with Crippen molar-refractivity contribution in [3.05, 3.63) is 28.8 Å². The average molecular weight is 478 g/mol. The number of aromatic nitrogens is 1. The fourth-order valence-corrected chi connectivity index (χ4v) is 5.31. The number of hydrogen-bond donors (Lipinski definition) is 3. The van der Waals surface area contributed by atoms with Crippen molar-refractivity contribution in [3.8, 4) is 23.7 Å². The normalized spacial score (nSPS) is 15.9. The Morgan fingerprint density at radius 3 is 2.88 bits per heavy atom. The van der Waals surface area contributed by atoms with Crippen LogP contribution in [-0.4, -0.2) is 61.5 Å². The van der Waals surface area contributed by atoms with Crippen LogP contribution < -0.4 is 5.48 Å². The molecular formula is C22H24FN3O4S2. The van der Waals surface area contributed by atoms with Gasteiger partial charge in [-0.15, -0.1) is 11.3 Å². The summed E-state index contributed by atoms with van der Waals surface area (Å²) in [6.45, 7) is 3.22. The minimum absolute atomic E-state index is 0.231. The molecule has 1 fully saturated rings. The number of hydroxylamine groups is 1. The zero-order chi connectivity index (χ0) is 23.1. The Hall–Kier alpha value is -2.50. The third-order valence-corrected chi connectivity index (χ3v) is 7.39. The van der Waals surface area contributed by atoms with Gasteiger partial charge in [0, 0.05) is 37.5 Å². The van der Waals surface area contributed by atoms with E-state index in [-0.39, 0.29) is 24.8 Å². The van der Waals surface area contributed by atoms with E-state index < -0.39 is 22.0 Å². The molecule has 3 rings (SSSR count). The van der Waals surface area contributed by atoms with Crippen molar-refractivity contribution in [2.24, 2.45) is 11.3 Å². The van der Waals surface area contributed by atoms with Crippen LogP contribution in [0.15, 0.2) is 18.2 Å². The number of thiazole rings is 1. The van der Waals surface area contributed by atoms with Crippen LogP contribution in [-0.2, 0) is 21.9 Å². The molecular weight excluding hydrogens is 453 g/mol. The SMILES string of the molecule is C[C@](CCc1nc2ccc(C#CC#CC3CN(CCF)C3)cc2s1)(C[SH](=O)=O)C(=O)NO. The fraction of sp³-hybridized carbons (Fsp3) is 0.455. The summed E-state index contributed by atoms with van der Waals surface area (Å²) in [6, 6.07) is 5.64. The van der Waals surface area contributed by atoms with Crippen molar-refractivity contribution in [2.75, 3.05) is 32.1 Å². The van der Waals surface area contributed by atoms with Gasteiger partial charge in [-0.05, 0) is 43.4 Å². The van der Waals surface area contributed by atoms with E-state index in [0.29, 0.717) is 13.0 Å². The third-order valence-electron chi connectivity index (χ3n) is 5.35. The second kappa shape index (κ2) is 10.9. The van der Waals surface area contributed by atoms with Gasteiger partial charge in [0.2, 0.25) is 5.91 Å². The molecule has 0 aliphatic carbocycles. The molecule has 0 saturated carbocycles. The molecule has 1 aromatic carbocycles. The Bertz CT molecular complexity index is 1170. The van der Waals surface area contributed by atoms with Crippen LogP contribution in [0.25, 0.3) is 10.2 Å². The van der Waals surface area contributed by atoms with Gasteiger partial charge in [-0.2, -0.15) is 0 Å². The minimum Gasteiger partial charge on any atom is -0.298 e. The smallest absolute Gasteiger partial charge is 0.250 e. The highest BCUT2D eigenvalue weighted by Crippen LogP contribution is 2.29. The lowest BCUT2D eigenvalue weighted by Crippen LogP contribution is -2.46. The van der Waals surface area contributed by atoms with Gasteiger partial charge in [-0.1, -0.05) is 11.8 Å². The molecule has 2 heterocycles. The Kier molecular flexibility index (Phi) is 8.21. The molecule has 2 aromatic rings. The highest BCUT2D eigenvalue weighted by Gasteiger charge is 2.34. The van der Waals surface area contributed by atoms with Crippen LogP contribution in [0.1, 0.15) is 23.9 Å². The topological polar surface area (TPSA) is 99.6 Å². The van der Waals surface area contributed by atoms with Gasteiger partial charge in [-0.3, -0.25) is 14.9 Å². The first-order valence-electron chi connectivity index (χ1n) is 10.1. The van der Waals surface area contributed by atoms with Gasteiger partial charge >= 0.3 is 0 Å². The van der Waals surface area contributed by atoms with Crippen LogP contribution in [0, 0.1) is 35.0 Å². The number of halogens is 1. The number of benzene rings is 1. The molecule has 1 aliphatic rings. The van der Waals surface area contributed by atoms with Crippen molar-refractivity contribution in [1.82, 2.24) is 15.4 Å². The number of nitrogens with zero attached hydrogens (tertiary/aromatic N) is 2. The third kappa shape index (κ3) is 6.27. The lowest BCUT2D eigenvalue weighted by molar-refractivity contribution is -0.138. The standard InChI is InChI=1S/C22H24FN3O4S2/c1-22(15-32(29)30,21(27)25-28)9-8-20-24-18-7-6-16(12-19(18)31-20)4-2-3-5-17-13-26(14-17)11-10-23/h6-7,12,17,28,32H,8-11,13-15H2,1H3,(H,25,27)/t22-/m0/s1. The van der Waals surface area contributed by atoms with E-state index in [0.717, 1.165) is 33.9 Å². The summed E-state index contributed by atoms with van der Waals surface area (Å²) in [7, 11) is -2.78. The Balaban J connectivity index is 1.63. The van der Waals surface area contributed by atoms with Gasteiger partial charge in [-0.25, -0.2) is 23.3 Å². The van der Waals surface area contributed by atoms with E-state index in [2.05, 4.69) is 28.7 Å². The van der Waals surface area contributed by atoms with Crippen molar-refractivity contribution in [2.45, 2.75) is 19.8 Å². The van der Waals surface area contributed by atoms with Gasteiger partial charge in [0.05, 0.1) is 26.4 Å². The first kappa shape index (κ1) is 24.1. The number of aryl methyl sites for hydroxylation is 1. The number of rotatable bonds is 8. The molecule has 7 nitrogen and oxygen atoms in total. The first-order chi connectivity index (χ1) is 15.3. The summed E-state index contributed by atoms with van der Waals surface area (Å²) < 4.78 is 35.5. The van der Waals surface area contributed by atoms with Crippen molar-refractivity contribution >= 4 is 38.2 Å². The van der Waals surface area contributed by atoms with Crippen LogP contribution >= 0.6 is 11.3 Å². The van der Waals surface area contributed by atoms with E-state index in [9.17, 15) is 17.6 Å². The lowest BCUT2D eigenvalue weighted by atomic mass is 9.87. The summed E-state index contributed by atoms with van der Waals surface area (Å²) in [5, 5.41) is 9.72. The number of alkyl halides is 1. The second-order valence-electron chi connectivity index (χ2n) is 7.95. The Morgan fingerprint density at radius 1 is 1.41 bits per heavy atom. The fourth-order valence-electron chi connectivity index (χ4n) is 3.43. The van der Waals surface area contributed by atoms with Gasteiger partial charge in [0.1, 0.15) is 17.4 Å². The molecule has 1 atom stereocenters. The molecule has 0 bridgehead atoms. The lowest BCUT2D eigenvalue weighted by Gasteiger charge is -2.35. The zero-order valence-corrected chi connectivity index (χ0v) is 19.3. The van der Waals surface area contributed by atoms with Crippen molar-refractivity contribution in [1.29, 1.82) is 0 Å². The van der Waals surface area contributed by atoms with E-state index in [1.54, 1.807) is 5.48 Å². The van der Waals surface area contributed by atoms with Gasteiger partial charge in [0.15, 0.2) is 0 Å². The predicted octanol–water partition coefficient (Wildman–Crippen LogP) is 1.61. The maximum absolute atomic E-state index is 12.2. The number of carbonyl (C=O) groups excluding carboxylic acids is 1. The Morgan fingerprint density at radius 2 is 2.19 bits per heavy atom. The van der Waals surface area contributed by atoms with Crippen molar-refractivity contribution < 1.29 is 22.8 Å². The van der Waals surface area contributed by atoms with Crippen LogP contribution in [0.4, 0.5) is 4.39 Å². The second-order valence-corrected chi connectivity index (χ2v) is 10.0. The Labute approximate surface area is 191 Å². The maximum Gasteiger partial charge on any atom is 0.250 e. The highest BCUT2D eigenvalue weighted by molar-refractivity contribution is 7.72. The number of nitrogens with one attached hydrogen (secondary N) is 1. The summed E-state index contributed by atoms with van der Waals surface area (Å²) in [5.41, 5.74) is 1.93. The van der Waals surface area contributed by atoms with Gasteiger partial charge < -0.3 is 0 Å². The quantitative estimate of drug-likeness (QED) is 0.231. The number of hydrogen-bond acceptors (Lipinski definition) is 7. The monoisotopic (exact) mass is 477 g/mol. The molecule has 0 unspecified atom stereocenters. The molecule has 0 spiro atoms. The van der Waals surface area contributed by atoms with E-state index >= 15 is 0 Å². The van der Waals surface area contributed by atoms with E-state index in [4.69, 9.17) is 5.21 Å². The minimum atomic E-state index is -2.78. The molecule has 1 aliphatic heterocycles. The predicted molar refractivity (Wildman–Crippen MR) is 122 cm³/mol. The van der Waals surface area contributed by atoms with Crippen LogP contribution in [0.3, 0.4) is 0 Å². The summed E-state index contributed by atoms with van der Waals surface area (Å²) in [4.78, 5) is 18.5. The van der Waals surface area contributed by atoms with Crippen molar-refractivity contribution in [3.63, 3.8) is 0 Å². The maximum atomic E-state index is 12.2. The molecule has 2 N–H and O–H groups in total. The summed E-state index contributed by atoms with van der Waals surface area (Å²) >= 11 is 1.46. The molecule has 0 radical (unpaired) electrons. The summed E-state index contributed by atoms with van der Waals surface area (Å²) in [6.07, 6.45) is 0.633.